The van der Waals surface area contributed by atoms with E-state index in [0.717, 1.165) is 29.1 Å². The number of allylic oxidation sites excluding steroid dienone is 1. The van der Waals surface area contributed by atoms with Crippen molar-refractivity contribution in [3.05, 3.63) is 83.4 Å². The molecule has 5 rings (SSSR count). The van der Waals surface area contributed by atoms with Crippen molar-refractivity contribution in [1.29, 1.82) is 0 Å². The standard InChI is InChI=1S/C28H26N2O2/c1-5-30-23-9-7-6-8-20(23)21-16-18(10-13-24(21)30)11-15-26-28(2,3)22-17-19(27(31)32)12-14-25(22)29(26)4/h6-17H,5H2,1-4H3/p+1. The van der Waals surface area contributed by atoms with Gasteiger partial charge in [-0.15, -0.1) is 0 Å². The van der Waals surface area contributed by atoms with Gasteiger partial charge in [0.2, 0.25) is 5.69 Å². The molecule has 0 spiro atoms. The fourth-order valence-electron chi connectivity index (χ4n) is 5.16. The minimum absolute atomic E-state index is 0.283. The lowest BCUT2D eigenvalue weighted by atomic mass is 9.80. The molecule has 0 amide bonds. The first kappa shape index (κ1) is 20.3. The average Bonchev–Trinajstić information content (AvgIpc) is 3.20. The van der Waals surface area contributed by atoms with Gasteiger partial charge in [-0.1, -0.05) is 24.3 Å². The largest absolute Gasteiger partial charge is 0.478 e. The predicted octanol–water partition coefficient (Wildman–Crippen LogP) is 6.23. The summed E-state index contributed by atoms with van der Waals surface area (Å²) in [5.41, 5.74) is 6.96. The van der Waals surface area contributed by atoms with Crippen LogP contribution in [0.25, 0.3) is 27.9 Å². The summed E-state index contributed by atoms with van der Waals surface area (Å²) in [6, 6.07) is 20.6. The van der Waals surface area contributed by atoms with Crippen molar-refractivity contribution in [2.75, 3.05) is 7.05 Å². The van der Waals surface area contributed by atoms with E-state index in [2.05, 4.69) is 84.5 Å². The number of nitrogens with zero attached hydrogens (tertiary/aromatic N) is 2. The molecule has 0 bridgehead atoms. The van der Waals surface area contributed by atoms with Gasteiger partial charge in [-0.2, -0.15) is 4.58 Å². The Labute approximate surface area is 187 Å². The van der Waals surface area contributed by atoms with E-state index in [-0.39, 0.29) is 5.41 Å². The molecule has 160 valence electrons. The van der Waals surface area contributed by atoms with Crippen molar-refractivity contribution in [3.8, 4) is 0 Å². The Morgan fingerprint density at radius 1 is 1.00 bits per heavy atom. The molecule has 3 aromatic carbocycles. The zero-order valence-corrected chi connectivity index (χ0v) is 18.9. The molecule has 32 heavy (non-hydrogen) atoms. The van der Waals surface area contributed by atoms with Gasteiger partial charge in [0.05, 0.1) is 11.0 Å². The number of aromatic nitrogens is 1. The molecule has 0 fully saturated rings. The molecule has 1 aliphatic heterocycles. The molecule has 0 unspecified atom stereocenters. The van der Waals surface area contributed by atoms with Crippen LogP contribution in [0.15, 0.2) is 66.7 Å². The number of hydrogen-bond acceptors (Lipinski definition) is 1. The molecule has 1 N–H and O–H groups in total. The van der Waals surface area contributed by atoms with E-state index < -0.39 is 5.97 Å². The zero-order chi connectivity index (χ0) is 22.6. The average molecular weight is 424 g/mol. The first-order valence-electron chi connectivity index (χ1n) is 11.0. The number of carboxylic acid groups (broad SMARTS) is 1. The number of rotatable bonds is 4. The lowest BCUT2D eigenvalue weighted by Gasteiger charge is -2.15. The van der Waals surface area contributed by atoms with Crippen LogP contribution in [0.2, 0.25) is 0 Å². The highest BCUT2D eigenvalue weighted by atomic mass is 16.4. The molecular formula is C28H27N2O2+. The smallest absolute Gasteiger partial charge is 0.335 e. The third-order valence-electron chi connectivity index (χ3n) is 6.83. The Balaban J connectivity index is 1.57. The van der Waals surface area contributed by atoms with Crippen molar-refractivity contribution in [3.63, 3.8) is 0 Å². The van der Waals surface area contributed by atoms with Gasteiger partial charge in [0, 0.05) is 46.1 Å². The summed E-state index contributed by atoms with van der Waals surface area (Å²) < 4.78 is 4.52. The summed E-state index contributed by atoms with van der Waals surface area (Å²) in [5, 5.41) is 12.0. The number of fused-ring (bicyclic) bond motifs is 4. The Morgan fingerprint density at radius 2 is 1.75 bits per heavy atom. The summed E-state index contributed by atoms with van der Waals surface area (Å²) in [7, 11) is 2.05. The van der Waals surface area contributed by atoms with Gasteiger partial charge < -0.3 is 9.67 Å². The van der Waals surface area contributed by atoms with Crippen LogP contribution in [0.3, 0.4) is 0 Å². The van der Waals surface area contributed by atoms with E-state index in [0.29, 0.717) is 5.56 Å². The fourth-order valence-corrected chi connectivity index (χ4v) is 5.16. The van der Waals surface area contributed by atoms with Gasteiger partial charge >= 0.3 is 5.97 Å². The molecular weight excluding hydrogens is 396 g/mol. The van der Waals surface area contributed by atoms with Crippen LogP contribution in [-0.2, 0) is 12.0 Å². The summed E-state index contributed by atoms with van der Waals surface area (Å²) in [6.07, 6.45) is 4.33. The molecule has 4 aromatic rings. The van der Waals surface area contributed by atoms with Crippen LogP contribution < -0.4 is 0 Å². The maximum Gasteiger partial charge on any atom is 0.335 e. The summed E-state index contributed by atoms with van der Waals surface area (Å²) in [4.78, 5) is 11.5. The molecule has 4 heteroatoms. The SMILES string of the molecule is CCn1c2ccccc2c2cc(/C=C/C3=[N+](C)c4ccc(C(=O)O)cc4C3(C)C)ccc21. The Morgan fingerprint density at radius 3 is 2.50 bits per heavy atom. The van der Waals surface area contributed by atoms with E-state index >= 15 is 0 Å². The molecule has 1 aliphatic rings. The Kier molecular flexibility index (Phi) is 4.55. The zero-order valence-electron chi connectivity index (χ0n) is 18.9. The quantitative estimate of drug-likeness (QED) is 0.395. The normalized spacial score (nSPS) is 15.2. The molecule has 0 saturated carbocycles. The van der Waals surface area contributed by atoms with Gasteiger partial charge in [0.1, 0.15) is 7.05 Å². The van der Waals surface area contributed by atoms with Crippen molar-refractivity contribution in [2.45, 2.75) is 32.7 Å². The molecule has 0 saturated heterocycles. The molecule has 4 nitrogen and oxygen atoms in total. The predicted molar refractivity (Wildman–Crippen MR) is 131 cm³/mol. The molecule has 0 radical (unpaired) electrons. The van der Waals surface area contributed by atoms with Crippen LogP contribution in [0.4, 0.5) is 5.69 Å². The van der Waals surface area contributed by atoms with E-state index in [1.165, 1.54) is 21.8 Å². The first-order valence-corrected chi connectivity index (χ1v) is 11.0. The first-order chi connectivity index (χ1) is 15.3. The highest BCUT2D eigenvalue weighted by Gasteiger charge is 2.43. The minimum Gasteiger partial charge on any atom is -0.478 e. The maximum absolute atomic E-state index is 11.5. The van der Waals surface area contributed by atoms with E-state index in [4.69, 9.17) is 0 Å². The summed E-state index contributed by atoms with van der Waals surface area (Å²) in [5.74, 6) is -0.894. The number of aryl methyl sites for hydroxylation is 1. The van der Waals surface area contributed by atoms with Crippen LogP contribution >= 0.6 is 0 Å². The highest BCUT2D eigenvalue weighted by molar-refractivity contribution is 6.09. The highest BCUT2D eigenvalue weighted by Crippen LogP contribution is 2.40. The van der Waals surface area contributed by atoms with Gasteiger partial charge in [0.25, 0.3) is 0 Å². The Bertz CT molecular complexity index is 1470. The second kappa shape index (κ2) is 7.20. The second-order valence-corrected chi connectivity index (χ2v) is 8.98. The van der Waals surface area contributed by atoms with Gasteiger partial charge in [-0.3, -0.25) is 0 Å². The summed E-state index contributed by atoms with van der Waals surface area (Å²) >= 11 is 0. The van der Waals surface area contributed by atoms with Crippen LogP contribution in [0.1, 0.15) is 42.3 Å². The number of carboxylic acids is 1. The number of benzene rings is 3. The van der Waals surface area contributed by atoms with E-state index in [1.807, 2.05) is 13.1 Å². The van der Waals surface area contributed by atoms with E-state index in [9.17, 15) is 9.90 Å². The lowest BCUT2D eigenvalue weighted by molar-refractivity contribution is -0.401. The fraction of sp³-hybridized carbons (Fsp3) is 0.214. The topological polar surface area (TPSA) is 45.2 Å². The third kappa shape index (κ3) is 2.90. The van der Waals surface area contributed by atoms with Gasteiger partial charge in [-0.05, 0) is 62.7 Å². The second-order valence-electron chi connectivity index (χ2n) is 8.98. The number of aromatic carboxylic acids is 1. The molecule has 2 heterocycles. The molecule has 0 atom stereocenters. The minimum atomic E-state index is -0.894. The Hall–Kier alpha value is -3.66. The third-order valence-corrected chi connectivity index (χ3v) is 6.83. The van der Waals surface area contributed by atoms with Crippen molar-refractivity contribution in [2.24, 2.45) is 0 Å². The monoisotopic (exact) mass is 423 g/mol. The van der Waals surface area contributed by atoms with Crippen LogP contribution in [-0.4, -0.2) is 33.0 Å². The van der Waals surface area contributed by atoms with Gasteiger partial charge in [0.15, 0.2) is 5.71 Å². The lowest BCUT2D eigenvalue weighted by Crippen LogP contribution is -2.26. The number of hydrogen-bond donors (Lipinski definition) is 1. The van der Waals surface area contributed by atoms with Crippen molar-refractivity contribution in [1.82, 2.24) is 4.57 Å². The number of carbonyl (C=O) groups is 1. The van der Waals surface area contributed by atoms with Crippen molar-refractivity contribution < 1.29 is 14.5 Å². The molecule has 1 aromatic heterocycles. The van der Waals surface area contributed by atoms with Gasteiger partial charge in [-0.25, -0.2) is 4.79 Å². The van der Waals surface area contributed by atoms with E-state index in [1.54, 1.807) is 12.1 Å². The molecule has 0 aliphatic carbocycles. The van der Waals surface area contributed by atoms with Crippen LogP contribution in [0, 0.1) is 0 Å². The summed E-state index contributed by atoms with van der Waals surface area (Å²) in [6.45, 7) is 7.42. The van der Waals surface area contributed by atoms with Crippen LogP contribution in [0.5, 0.6) is 0 Å². The number of para-hydroxylation sites is 1. The van der Waals surface area contributed by atoms with Crippen molar-refractivity contribution >= 4 is 45.3 Å². The maximum atomic E-state index is 11.5.